The summed E-state index contributed by atoms with van der Waals surface area (Å²) in [6, 6.07) is 0. The first-order chi connectivity index (χ1) is 5.31. The van der Waals surface area contributed by atoms with Crippen molar-refractivity contribution in [2.24, 2.45) is 0 Å². The van der Waals surface area contributed by atoms with Crippen LogP contribution in [0.4, 0.5) is 0 Å². The van der Waals surface area contributed by atoms with E-state index in [1.807, 2.05) is 0 Å². The molecule has 0 aliphatic heterocycles. The van der Waals surface area contributed by atoms with Gasteiger partial charge in [0.1, 0.15) is 7.28 Å². The maximum absolute atomic E-state index is 2.36. The second-order valence-corrected chi connectivity index (χ2v) is 3.72. The molecule has 0 heterocycles. The van der Waals surface area contributed by atoms with Gasteiger partial charge in [-0.2, -0.15) is 0 Å². The first-order valence-corrected chi connectivity index (χ1v) is 5.31. The Labute approximate surface area is 73.0 Å². The van der Waals surface area contributed by atoms with E-state index in [4.69, 9.17) is 0 Å². The maximum atomic E-state index is 2.36. The van der Waals surface area contributed by atoms with E-state index in [0.29, 0.717) is 0 Å². The van der Waals surface area contributed by atoms with Crippen LogP contribution in [-0.2, 0) is 0 Å². The van der Waals surface area contributed by atoms with Gasteiger partial charge in [-0.1, -0.05) is 65.0 Å². The lowest BCUT2D eigenvalue weighted by molar-refractivity contribution is 0.696. The van der Waals surface area contributed by atoms with E-state index in [0.717, 1.165) is 5.82 Å². The van der Waals surface area contributed by atoms with E-state index < -0.39 is 0 Å². The lowest BCUT2D eigenvalue weighted by Crippen LogP contribution is -1.97. The molecule has 1 heteroatoms. The minimum absolute atomic E-state index is 0.955. The summed E-state index contributed by atoms with van der Waals surface area (Å²) in [5.41, 5.74) is 0. The van der Waals surface area contributed by atoms with Crippen LogP contribution in [0.2, 0.25) is 12.1 Å². The average Bonchev–Trinajstić information content (AvgIpc) is 2.04. The maximum Gasteiger partial charge on any atom is 0.123 e. The highest BCUT2D eigenvalue weighted by Gasteiger charge is 1.99. The highest BCUT2D eigenvalue weighted by atomic mass is 13.9. The quantitative estimate of drug-likeness (QED) is 0.388. The molecule has 0 spiro atoms. The van der Waals surface area contributed by atoms with Crippen LogP contribution < -0.4 is 0 Å². The number of hydrogen-bond donors (Lipinski definition) is 0. The topological polar surface area (TPSA) is 0 Å². The zero-order chi connectivity index (χ0) is 8.53. The smallest absolute Gasteiger partial charge is 0.0772 e. The average molecular weight is 154 g/mol. The molecule has 1 unspecified atom stereocenters. The normalized spacial score (nSPS) is 13.0. The van der Waals surface area contributed by atoms with Crippen LogP contribution in [0.15, 0.2) is 0 Å². The lowest BCUT2D eigenvalue weighted by atomic mass is 9.61. The molecule has 0 rings (SSSR count). The first kappa shape index (κ1) is 11.1. The van der Waals surface area contributed by atoms with Gasteiger partial charge in [-0.15, -0.1) is 0 Å². The molecular weight excluding hydrogens is 131 g/mol. The Morgan fingerprint density at radius 2 is 1.82 bits per heavy atom. The molecule has 1 atom stereocenters. The third-order valence-electron chi connectivity index (χ3n) is 2.50. The molecule has 0 saturated heterocycles. The number of rotatable bonds is 7. The molecule has 0 amide bonds. The number of hydrogen-bond acceptors (Lipinski definition) is 0. The van der Waals surface area contributed by atoms with E-state index in [2.05, 4.69) is 20.8 Å². The van der Waals surface area contributed by atoms with Gasteiger partial charge in [0.15, 0.2) is 0 Å². The second-order valence-electron chi connectivity index (χ2n) is 3.72. The lowest BCUT2D eigenvalue weighted by Gasteiger charge is -2.04. The van der Waals surface area contributed by atoms with Crippen LogP contribution in [0.3, 0.4) is 0 Å². The van der Waals surface area contributed by atoms with Crippen molar-refractivity contribution in [3.8, 4) is 0 Å². The molecule has 0 aromatic rings. The van der Waals surface area contributed by atoms with Crippen LogP contribution in [-0.4, -0.2) is 7.28 Å². The number of unbranched alkanes of at least 4 members (excludes halogenated alkanes) is 3. The predicted molar refractivity (Wildman–Crippen MR) is 55.8 cm³/mol. The Morgan fingerprint density at radius 3 is 2.36 bits per heavy atom. The van der Waals surface area contributed by atoms with Crippen LogP contribution in [0.25, 0.3) is 0 Å². The molecule has 66 valence electrons. The van der Waals surface area contributed by atoms with Gasteiger partial charge in [0.2, 0.25) is 0 Å². The fourth-order valence-corrected chi connectivity index (χ4v) is 1.30. The highest BCUT2D eigenvalue weighted by molar-refractivity contribution is 6.37. The Bertz CT molecular complexity index is 71.3. The Kier molecular flexibility index (Phi) is 8.21. The Balaban J connectivity index is 2.89. The molecule has 0 nitrogen and oxygen atoms in total. The van der Waals surface area contributed by atoms with Crippen molar-refractivity contribution in [2.75, 3.05) is 0 Å². The minimum atomic E-state index is 0.955. The van der Waals surface area contributed by atoms with Crippen molar-refractivity contribution in [2.45, 2.75) is 65.0 Å². The minimum Gasteiger partial charge on any atom is -0.0772 e. The molecule has 0 saturated carbocycles. The molecule has 0 aromatic heterocycles. The van der Waals surface area contributed by atoms with Crippen LogP contribution >= 0.6 is 0 Å². The van der Waals surface area contributed by atoms with Crippen molar-refractivity contribution in [1.29, 1.82) is 0 Å². The fourth-order valence-electron chi connectivity index (χ4n) is 1.30. The molecule has 0 radical (unpaired) electrons. The summed E-state index contributed by atoms with van der Waals surface area (Å²) in [7, 11) is 1.44. The van der Waals surface area contributed by atoms with Crippen LogP contribution in [0.5, 0.6) is 0 Å². The molecular formula is C10H23B. The Hall–Kier alpha value is 0.0649. The molecule has 11 heavy (non-hydrogen) atoms. The zero-order valence-electron chi connectivity index (χ0n) is 8.53. The van der Waals surface area contributed by atoms with Gasteiger partial charge in [0, 0.05) is 0 Å². The van der Waals surface area contributed by atoms with Crippen molar-refractivity contribution in [3.05, 3.63) is 0 Å². The third-order valence-corrected chi connectivity index (χ3v) is 2.50. The predicted octanol–water partition coefficient (Wildman–Crippen LogP) is 3.64. The van der Waals surface area contributed by atoms with E-state index in [9.17, 15) is 0 Å². The summed E-state index contributed by atoms with van der Waals surface area (Å²) in [6.07, 6.45) is 8.51. The van der Waals surface area contributed by atoms with Crippen LogP contribution in [0.1, 0.15) is 52.9 Å². The summed E-state index contributed by atoms with van der Waals surface area (Å²) in [4.78, 5) is 0. The van der Waals surface area contributed by atoms with E-state index in [-0.39, 0.29) is 0 Å². The SMILES string of the molecule is CCCCCCBC(C)CC. The van der Waals surface area contributed by atoms with E-state index in [1.165, 1.54) is 45.7 Å². The van der Waals surface area contributed by atoms with Gasteiger partial charge in [0.25, 0.3) is 0 Å². The molecule has 0 aromatic carbocycles. The van der Waals surface area contributed by atoms with E-state index in [1.54, 1.807) is 0 Å². The largest absolute Gasteiger partial charge is 0.123 e. The van der Waals surface area contributed by atoms with Crippen molar-refractivity contribution in [3.63, 3.8) is 0 Å². The van der Waals surface area contributed by atoms with Crippen molar-refractivity contribution >= 4 is 7.28 Å². The summed E-state index contributed by atoms with van der Waals surface area (Å²) < 4.78 is 0. The van der Waals surface area contributed by atoms with Gasteiger partial charge in [-0.3, -0.25) is 0 Å². The van der Waals surface area contributed by atoms with Gasteiger partial charge < -0.3 is 0 Å². The summed E-state index contributed by atoms with van der Waals surface area (Å²) in [5.74, 6) is 0.955. The third kappa shape index (κ3) is 7.97. The van der Waals surface area contributed by atoms with Gasteiger partial charge in [-0.05, 0) is 0 Å². The fraction of sp³-hybridized carbons (Fsp3) is 1.00. The molecule has 0 aliphatic rings. The summed E-state index contributed by atoms with van der Waals surface area (Å²) in [5, 5.41) is 0. The molecule has 0 fully saturated rings. The van der Waals surface area contributed by atoms with Gasteiger partial charge in [0.05, 0.1) is 0 Å². The van der Waals surface area contributed by atoms with Crippen molar-refractivity contribution < 1.29 is 0 Å². The standard InChI is InChI=1S/C10H23B/c1-4-6-7-8-9-11-10(3)5-2/h10-11H,4-9H2,1-3H3. The van der Waals surface area contributed by atoms with Crippen molar-refractivity contribution in [1.82, 2.24) is 0 Å². The monoisotopic (exact) mass is 154 g/mol. The first-order valence-electron chi connectivity index (χ1n) is 5.31. The van der Waals surface area contributed by atoms with Gasteiger partial charge >= 0.3 is 0 Å². The summed E-state index contributed by atoms with van der Waals surface area (Å²) >= 11 is 0. The van der Waals surface area contributed by atoms with Crippen LogP contribution in [0, 0.1) is 0 Å². The van der Waals surface area contributed by atoms with Gasteiger partial charge in [-0.25, -0.2) is 0 Å². The van der Waals surface area contributed by atoms with E-state index >= 15 is 0 Å². The molecule has 0 N–H and O–H groups in total. The zero-order valence-corrected chi connectivity index (χ0v) is 8.53. The highest BCUT2D eigenvalue weighted by Crippen LogP contribution is 2.11. The molecule has 0 aliphatic carbocycles. The Morgan fingerprint density at radius 1 is 1.09 bits per heavy atom. The second kappa shape index (κ2) is 8.16. The summed E-state index contributed by atoms with van der Waals surface area (Å²) in [6.45, 7) is 6.92. The molecule has 0 bridgehead atoms.